The zero-order valence-electron chi connectivity index (χ0n) is 39.2. The lowest BCUT2D eigenvalue weighted by molar-refractivity contribution is -0.134. The van der Waals surface area contributed by atoms with Gasteiger partial charge in [0.05, 0.1) is 12.7 Å². The summed E-state index contributed by atoms with van der Waals surface area (Å²) in [5.74, 6) is -4.46. The number of likely N-dealkylation sites (tertiary alicyclic amines) is 1. The van der Waals surface area contributed by atoms with Gasteiger partial charge >= 0.3 is 6.09 Å². The van der Waals surface area contributed by atoms with Crippen molar-refractivity contribution < 1.29 is 38.3 Å². The second kappa shape index (κ2) is 24.8. The maximum atomic E-state index is 14.5. The Balaban J connectivity index is 1.53. The topological polar surface area (TPSA) is 302 Å². The average Bonchev–Trinajstić information content (AvgIpc) is 4.08. The number of H-pyrrole nitrogens is 2. The van der Waals surface area contributed by atoms with Crippen LogP contribution in [0.2, 0.25) is 0 Å². The van der Waals surface area contributed by atoms with E-state index < -0.39 is 89.3 Å². The molecule has 2 aromatic heterocycles. The first-order chi connectivity index (χ1) is 31.3. The van der Waals surface area contributed by atoms with Crippen LogP contribution in [0, 0.1) is 17.8 Å². The highest BCUT2D eigenvalue weighted by atomic mass is 16.6. The third kappa shape index (κ3) is 16.3. The van der Waals surface area contributed by atoms with Gasteiger partial charge in [0.15, 0.2) is 0 Å². The zero-order chi connectivity index (χ0) is 48.6. The van der Waals surface area contributed by atoms with Gasteiger partial charge in [-0.3, -0.25) is 33.7 Å². The highest BCUT2D eigenvalue weighted by Gasteiger charge is 2.39. The Bertz CT molecular complexity index is 2040. The van der Waals surface area contributed by atoms with E-state index in [1.807, 2.05) is 51.1 Å². The van der Waals surface area contributed by atoms with E-state index in [9.17, 15) is 33.6 Å². The summed E-state index contributed by atoms with van der Waals surface area (Å²) in [6.07, 6.45) is 7.21. The van der Waals surface area contributed by atoms with Crippen LogP contribution in [0.5, 0.6) is 0 Å². The predicted octanol–water partition coefficient (Wildman–Crippen LogP) is 1.53. The number of hydrogen-bond acceptors (Lipinski definition) is 11. The molecule has 4 rings (SSSR count). The van der Waals surface area contributed by atoms with Gasteiger partial charge in [-0.2, -0.15) is 0 Å². The Kier molecular flexibility index (Phi) is 19.7. The first kappa shape index (κ1) is 52.3. The van der Waals surface area contributed by atoms with Gasteiger partial charge in [-0.1, -0.05) is 64.4 Å². The van der Waals surface area contributed by atoms with Crippen LogP contribution in [0.25, 0.3) is 0 Å². The number of nitrogens with one attached hydrogen (secondary N) is 7. The number of amides is 7. The quantitative estimate of drug-likeness (QED) is 0.0621. The number of hydrogen-bond donors (Lipinski definition) is 9. The molecule has 11 N–H and O–H groups in total. The van der Waals surface area contributed by atoms with Crippen molar-refractivity contribution in [2.45, 2.75) is 142 Å². The van der Waals surface area contributed by atoms with Gasteiger partial charge < -0.3 is 52.8 Å². The van der Waals surface area contributed by atoms with Crippen molar-refractivity contribution in [3.63, 3.8) is 0 Å². The van der Waals surface area contributed by atoms with Gasteiger partial charge in [0, 0.05) is 68.0 Å². The van der Waals surface area contributed by atoms with Gasteiger partial charge in [0.2, 0.25) is 35.4 Å². The molecule has 1 saturated heterocycles. The molecular formula is C46H70N12O8. The van der Waals surface area contributed by atoms with Crippen LogP contribution in [-0.4, -0.2) is 121 Å². The van der Waals surface area contributed by atoms with Crippen molar-refractivity contribution in [1.82, 2.24) is 51.4 Å². The number of imidazole rings is 2. The first-order valence-corrected chi connectivity index (χ1v) is 22.8. The molecule has 1 aromatic carbocycles. The number of carbonyl (C=O) groups excluding carboxylic acids is 7. The second-order valence-electron chi connectivity index (χ2n) is 18.5. The fourth-order valence-electron chi connectivity index (χ4n) is 7.83. The molecule has 66 heavy (non-hydrogen) atoms. The normalized spacial score (nSPS) is 17.0. The van der Waals surface area contributed by atoms with Crippen molar-refractivity contribution in [3.05, 3.63) is 72.3 Å². The summed E-state index contributed by atoms with van der Waals surface area (Å²) in [6.45, 7) is 13.1. The maximum Gasteiger partial charge on any atom is 0.410 e. The third-order valence-electron chi connectivity index (χ3n) is 11.5. The summed E-state index contributed by atoms with van der Waals surface area (Å²) < 4.78 is 5.57. The molecule has 3 heterocycles. The summed E-state index contributed by atoms with van der Waals surface area (Å²) in [5.41, 5.74) is 13.1. The van der Waals surface area contributed by atoms with Crippen LogP contribution in [-0.2, 0) is 52.8 Å². The van der Waals surface area contributed by atoms with Crippen LogP contribution in [0.4, 0.5) is 4.79 Å². The van der Waals surface area contributed by atoms with Crippen molar-refractivity contribution >= 4 is 41.5 Å². The Morgan fingerprint density at radius 1 is 0.818 bits per heavy atom. The minimum absolute atomic E-state index is 0.000828. The van der Waals surface area contributed by atoms with E-state index in [1.165, 1.54) is 29.9 Å². The molecule has 20 nitrogen and oxygen atoms in total. The molecule has 0 unspecified atom stereocenters. The number of rotatable bonds is 24. The van der Waals surface area contributed by atoms with Crippen molar-refractivity contribution in [2.24, 2.45) is 29.2 Å². The lowest BCUT2D eigenvalue weighted by Gasteiger charge is -2.32. The maximum absolute atomic E-state index is 14.5. The number of aromatic amines is 2. The Hall–Kier alpha value is -6.31. The molecule has 3 aromatic rings. The Labute approximate surface area is 386 Å². The molecule has 1 fully saturated rings. The van der Waals surface area contributed by atoms with Crippen LogP contribution in [0.3, 0.4) is 0 Å². The fraction of sp³-hybridized carbons (Fsp3) is 0.587. The summed E-state index contributed by atoms with van der Waals surface area (Å²) >= 11 is 0. The molecular weight excluding hydrogens is 849 g/mol. The predicted molar refractivity (Wildman–Crippen MR) is 246 cm³/mol. The van der Waals surface area contributed by atoms with E-state index in [-0.39, 0.29) is 44.1 Å². The largest absolute Gasteiger partial charge is 0.444 e. The lowest BCUT2D eigenvalue weighted by atomic mass is 9.88. The lowest BCUT2D eigenvalue weighted by Crippen LogP contribution is -2.59. The number of nitrogens with zero attached hydrogens (tertiary/aromatic N) is 3. The van der Waals surface area contributed by atoms with Crippen molar-refractivity contribution in [2.75, 3.05) is 13.1 Å². The van der Waals surface area contributed by atoms with Gasteiger partial charge in [0.25, 0.3) is 0 Å². The van der Waals surface area contributed by atoms with Gasteiger partial charge in [-0.05, 0) is 64.0 Å². The minimum atomic E-state index is -1.18. The zero-order valence-corrected chi connectivity index (χ0v) is 39.2. The number of carbonyl (C=O) groups is 7. The summed E-state index contributed by atoms with van der Waals surface area (Å²) in [6, 6.07) is 3.16. The standard InChI is InChI=1S/C46H70N12O8/c1-8-28(4)39(44(64)54-34(40(48)60)20-31-23-49-25-51-31)57-38(59)19-30(22-47)33(17-27(2)3)53-42(62)36(21-32-24-50-26-52-32)55-41(61)35(18-29-13-10-9-11-14-29)56-43(63)37-15-12-16-58(37)45(65)66-46(5,6)7/h9-11,13-14,23-28,30,33-37,39H,8,12,15-22,47H2,1-7H3,(H2,48,60)(H,49,51)(H,50,52)(H,53,62)(H,54,64)(H,55,61)(H,56,63)(H,57,59)/t28-,30+,33-,34-,35-,36-,37-,39-/m0/s1. The third-order valence-corrected chi connectivity index (χ3v) is 11.5. The molecule has 0 saturated carbocycles. The molecule has 20 heteroatoms. The van der Waals surface area contributed by atoms with E-state index in [0.29, 0.717) is 43.6 Å². The van der Waals surface area contributed by atoms with Crippen LogP contribution < -0.4 is 38.1 Å². The first-order valence-electron chi connectivity index (χ1n) is 22.8. The molecule has 1 aliphatic heterocycles. The van der Waals surface area contributed by atoms with Gasteiger partial charge in [-0.15, -0.1) is 0 Å². The Morgan fingerprint density at radius 2 is 1.41 bits per heavy atom. The monoisotopic (exact) mass is 919 g/mol. The molecule has 0 bridgehead atoms. The smallest absolute Gasteiger partial charge is 0.410 e. The molecule has 0 radical (unpaired) electrons. The molecule has 8 atom stereocenters. The number of primary amides is 1. The molecule has 1 aliphatic rings. The summed E-state index contributed by atoms with van der Waals surface area (Å²) in [7, 11) is 0. The van der Waals surface area contributed by atoms with Crippen LogP contribution in [0.1, 0.15) is 97.5 Å². The molecule has 7 amide bonds. The number of ether oxygens (including phenoxy) is 1. The highest BCUT2D eigenvalue weighted by Crippen LogP contribution is 2.22. The number of benzene rings is 1. The Morgan fingerprint density at radius 3 is 1.95 bits per heavy atom. The van der Waals surface area contributed by atoms with Crippen LogP contribution in [0.15, 0.2) is 55.4 Å². The van der Waals surface area contributed by atoms with Gasteiger partial charge in [-0.25, -0.2) is 14.8 Å². The van der Waals surface area contributed by atoms with E-state index in [4.69, 9.17) is 16.2 Å². The van der Waals surface area contributed by atoms with Crippen LogP contribution >= 0.6 is 0 Å². The minimum Gasteiger partial charge on any atom is -0.444 e. The molecule has 0 spiro atoms. The summed E-state index contributed by atoms with van der Waals surface area (Å²) in [4.78, 5) is 111. The molecule has 362 valence electrons. The van der Waals surface area contributed by atoms with E-state index >= 15 is 0 Å². The van der Waals surface area contributed by atoms with Crippen molar-refractivity contribution in [3.8, 4) is 0 Å². The number of aromatic nitrogens is 4. The SMILES string of the molecule is CC[C@H](C)[C@H](NC(=O)C[C@H](CN)[C@H](CC(C)C)NC(=O)[C@H](Cc1cnc[nH]1)NC(=O)[C@H](Cc1ccccc1)NC(=O)[C@@H]1CCCN1C(=O)OC(C)(C)C)C(=O)N[C@@H](Cc1cnc[nH]1)C(N)=O. The number of nitrogens with two attached hydrogens (primary N) is 2. The second-order valence-corrected chi connectivity index (χ2v) is 18.5. The average molecular weight is 919 g/mol. The molecule has 0 aliphatic carbocycles. The summed E-state index contributed by atoms with van der Waals surface area (Å²) in [5, 5.41) is 14.3. The van der Waals surface area contributed by atoms with Crippen molar-refractivity contribution in [1.29, 1.82) is 0 Å². The van der Waals surface area contributed by atoms with E-state index in [0.717, 1.165) is 5.56 Å². The van der Waals surface area contributed by atoms with E-state index in [1.54, 1.807) is 27.7 Å². The fourth-order valence-corrected chi connectivity index (χ4v) is 7.83. The van der Waals surface area contributed by atoms with E-state index in [2.05, 4.69) is 46.5 Å². The highest BCUT2D eigenvalue weighted by molar-refractivity contribution is 5.95. The van der Waals surface area contributed by atoms with Gasteiger partial charge in [0.1, 0.15) is 35.8 Å².